The second-order valence-electron chi connectivity index (χ2n) is 1.28. The zero-order chi connectivity index (χ0) is 6.62. The van der Waals surface area contributed by atoms with E-state index >= 15 is 0 Å². The lowest BCUT2D eigenvalue weighted by atomic mass is 10.5. The molecule has 0 atom stereocenters. The van der Waals surface area contributed by atoms with Crippen molar-refractivity contribution in [3.63, 3.8) is 0 Å². The molecule has 0 aliphatic carbocycles. The van der Waals surface area contributed by atoms with E-state index in [4.69, 9.17) is 39.2 Å². The summed E-state index contributed by atoms with van der Waals surface area (Å²) in [5.41, 5.74) is 0. The van der Waals surface area contributed by atoms with E-state index in [1.807, 2.05) is 0 Å². The van der Waals surface area contributed by atoms with Gasteiger partial charge in [0.1, 0.15) is 10.5 Å². The number of alkyl halides is 3. The lowest BCUT2D eigenvalue weighted by Crippen LogP contribution is -2.16. The Kier molecular flexibility index (Phi) is 4.48. The average Bonchev–Trinajstić information content (AvgIpc) is 1.67. The van der Waals surface area contributed by atoms with Crippen molar-refractivity contribution < 1.29 is 4.43 Å². The van der Waals surface area contributed by atoms with Crippen LogP contribution in [0, 0.1) is 0 Å². The molecule has 0 aliphatic rings. The predicted molar refractivity (Wildman–Crippen MR) is 40.8 cm³/mol. The zero-order valence-electron chi connectivity index (χ0n) is 4.46. The highest BCUT2D eigenvalue weighted by Gasteiger charge is 2.20. The summed E-state index contributed by atoms with van der Waals surface area (Å²) < 4.78 is 3.73. The Hall–Kier alpha value is 1.05. The van der Waals surface area contributed by atoms with Crippen LogP contribution >= 0.6 is 34.8 Å². The van der Waals surface area contributed by atoms with Gasteiger partial charge in [-0.15, -0.1) is 11.6 Å². The Morgan fingerprint density at radius 3 is 2.12 bits per heavy atom. The molecule has 0 aliphatic heterocycles. The first-order valence-electron chi connectivity index (χ1n) is 2.11. The van der Waals surface area contributed by atoms with Crippen LogP contribution in [-0.2, 0) is 4.43 Å². The Morgan fingerprint density at radius 2 is 2.00 bits per heavy atom. The van der Waals surface area contributed by atoms with Crippen LogP contribution in [0.15, 0.2) is 0 Å². The van der Waals surface area contributed by atoms with Crippen LogP contribution in [0.1, 0.15) is 6.42 Å². The van der Waals surface area contributed by atoms with Crippen molar-refractivity contribution in [2.45, 2.75) is 10.9 Å². The minimum atomic E-state index is -1.03. The smallest absolute Gasteiger partial charge is 0.208 e. The van der Waals surface area contributed by atoms with Gasteiger partial charge in [0.15, 0.2) is 0 Å². The molecule has 0 heterocycles. The summed E-state index contributed by atoms with van der Waals surface area (Å²) in [5.74, 6) is 0.426. The maximum absolute atomic E-state index is 5.51. The van der Waals surface area contributed by atoms with Crippen molar-refractivity contribution in [3.8, 4) is 0 Å². The summed E-state index contributed by atoms with van der Waals surface area (Å²) in [6.45, 7) is 0. The molecule has 0 aromatic carbocycles. The minimum Gasteiger partial charge on any atom is -0.399 e. The van der Waals surface area contributed by atoms with E-state index in [9.17, 15) is 0 Å². The van der Waals surface area contributed by atoms with Crippen molar-refractivity contribution in [2.75, 3.05) is 5.88 Å². The molecule has 0 spiro atoms. The van der Waals surface area contributed by atoms with Gasteiger partial charge in [0, 0.05) is 12.3 Å². The Labute approximate surface area is 66.8 Å². The van der Waals surface area contributed by atoms with Gasteiger partial charge in [-0.25, -0.2) is 0 Å². The molecule has 0 unspecified atom stereocenters. The van der Waals surface area contributed by atoms with E-state index in [1.54, 1.807) is 0 Å². The highest BCUT2D eigenvalue weighted by Crippen LogP contribution is 2.25. The van der Waals surface area contributed by atoms with Gasteiger partial charge >= 0.3 is 0 Å². The van der Waals surface area contributed by atoms with E-state index in [1.165, 1.54) is 0 Å². The van der Waals surface area contributed by atoms with Gasteiger partial charge in [-0.2, -0.15) is 0 Å². The molecule has 50 valence electrons. The fraction of sp³-hybridized carbons (Fsp3) is 1.00. The van der Waals surface area contributed by atoms with Gasteiger partial charge < -0.3 is 4.43 Å². The van der Waals surface area contributed by atoms with Crippen LogP contribution in [0.2, 0.25) is 0 Å². The predicted octanol–water partition coefficient (Wildman–Crippen LogP) is 1.04. The molecule has 0 aromatic heterocycles. The third-order valence-corrected chi connectivity index (χ3v) is 2.77. The molecule has 1 nitrogen and oxygen atoms in total. The molecule has 5 heteroatoms. The first-order chi connectivity index (χ1) is 3.62. The van der Waals surface area contributed by atoms with Crippen LogP contribution < -0.4 is 0 Å². The summed E-state index contributed by atoms with van der Waals surface area (Å²) in [5, 5.41) is 0. The number of hydrogen-bond donors (Lipinski definition) is 0. The van der Waals surface area contributed by atoms with Crippen LogP contribution in [0.3, 0.4) is 0 Å². The number of halogens is 3. The fourth-order valence-corrected chi connectivity index (χ4v) is 1.06. The molecule has 8 heavy (non-hydrogen) atoms. The first kappa shape index (κ1) is 9.05. The van der Waals surface area contributed by atoms with Crippen LogP contribution in [-0.4, -0.2) is 20.9 Å². The third kappa shape index (κ3) is 3.98. The van der Waals surface area contributed by atoms with Crippen molar-refractivity contribution in [1.82, 2.24) is 0 Å². The van der Waals surface area contributed by atoms with Gasteiger partial charge in [0.05, 0.1) is 0 Å². The van der Waals surface area contributed by atoms with Crippen molar-refractivity contribution in [3.05, 3.63) is 0 Å². The van der Waals surface area contributed by atoms with Gasteiger partial charge in [-0.3, -0.25) is 0 Å². The second kappa shape index (κ2) is 3.96. The number of hydrogen-bond acceptors (Lipinski definition) is 1. The largest absolute Gasteiger partial charge is 0.399 e. The highest BCUT2D eigenvalue weighted by atomic mass is 35.5. The summed E-state index contributed by atoms with van der Waals surface area (Å²) in [6, 6.07) is 0. The van der Waals surface area contributed by atoms with Crippen molar-refractivity contribution >= 4 is 45.3 Å². The van der Waals surface area contributed by atoms with Gasteiger partial charge in [0.25, 0.3) is 0 Å². The summed E-state index contributed by atoms with van der Waals surface area (Å²) in [4.78, 5) is 0. The molecule has 0 fully saturated rings. The van der Waals surface area contributed by atoms with Gasteiger partial charge in [0.2, 0.25) is 4.52 Å². The maximum atomic E-state index is 5.51. The molecular formula is C3H7Cl3OSi. The van der Waals surface area contributed by atoms with E-state index in [-0.39, 0.29) is 0 Å². The molecular weight excluding hydrogens is 186 g/mol. The summed E-state index contributed by atoms with van der Waals surface area (Å²) in [7, 11) is 0.539. The van der Waals surface area contributed by atoms with Crippen LogP contribution in [0.25, 0.3) is 0 Å². The van der Waals surface area contributed by atoms with Gasteiger partial charge in [-0.05, 0) is 0 Å². The fourth-order valence-electron chi connectivity index (χ4n) is 0.212. The average molecular weight is 194 g/mol. The monoisotopic (exact) mass is 192 g/mol. The SMILES string of the molecule is [SiH3]OC(Cl)(Cl)CCCl. The standard InChI is InChI=1S/C3H7Cl3OSi/c4-2-1-3(5,6)7-8/h1-2H2,8H3. The third-order valence-electron chi connectivity index (χ3n) is 0.684. The molecule has 0 radical (unpaired) electrons. The summed E-state index contributed by atoms with van der Waals surface area (Å²) >= 11 is 16.4. The van der Waals surface area contributed by atoms with Crippen molar-refractivity contribution in [2.24, 2.45) is 0 Å². The quantitative estimate of drug-likeness (QED) is 0.481. The van der Waals surface area contributed by atoms with E-state index in [0.29, 0.717) is 22.8 Å². The number of rotatable bonds is 3. The van der Waals surface area contributed by atoms with Crippen LogP contribution in [0.5, 0.6) is 0 Å². The van der Waals surface area contributed by atoms with Crippen molar-refractivity contribution in [1.29, 1.82) is 0 Å². The van der Waals surface area contributed by atoms with E-state index in [0.717, 1.165) is 0 Å². The molecule has 0 saturated heterocycles. The first-order valence-corrected chi connectivity index (χ1v) is 4.22. The van der Waals surface area contributed by atoms with Crippen LogP contribution in [0.4, 0.5) is 0 Å². The highest BCUT2D eigenvalue weighted by molar-refractivity contribution is 6.48. The molecule has 0 N–H and O–H groups in total. The van der Waals surface area contributed by atoms with E-state index in [2.05, 4.69) is 0 Å². The topological polar surface area (TPSA) is 9.23 Å². The Morgan fingerprint density at radius 1 is 1.50 bits per heavy atom. The summed E-state index contributed by atoms with van der Waals surface area (Å²) in [6.07, 6.45) is 0.473. The van der Waals surface area contributed by atoms with E-state index < -0.39 is 4.52 Å². The molecule has 0 rings (SSSR count). The normalized spacial score (nSPS) is 12.4. The lowest BCUT2D eigenvalue weighted by Gasteiger charge is -2.15. The molecule has 0 saturated carbocycles. The zero-order valence-corrected chi connectivity index (χ0v) is 8.72. The van der Waals surface area contributed by atoms with Gasteiger partial charge in [-0.1, -0.05) is 23.2 Å². The lowest BCUT2D eigenvalue weighted by molar-refractivity contribution is 0.262. The minimum absolute atomic E-state index is 0.426. The Balaban J connectivity index is 3.37. The molecule has 0 bridgehead atoms. The second-order valence-corrected chi connectivity index (χ2v) is 3.48. The Bertz CT molecular complexity index is 67.5. The maximum Gasteiger partial charge on any atom is 0.208 e. The molecule has 0 aromatic rings. The molecule has 0 amide bonds.